The molecular weight excluding hydrogens is 304 g/mol. The number of ether oxygens (including phenoxy) is 2. The van der Waals surface area contributed by atoms with E-state index in [-0.39, 0.29) is 25.7 Å². The number of carbonyl (C=O) groups is 6. The molecule has 0 saturated heterocycles. The van der Waals surface area contributed by atoms with E-state index in [1.165, 1.54) is 0 Å². The Morgan fingerprint density at radius 2 is 0.909 bits per heavy atom. The molecule has 0 aromatic rings. The summed E-state index contributed by atoms with van der Waals surface area (Å²) in [4.78, 5) is 64.2. The maximum absolute atomic E-state index is 11.1. The molecular formula is C12H14O10. The number of unbranched alkanes of at least 4 members (excludes halogenated alkanes) is 1. The summed E-state index contributed by atoms with van der Waals surface area (Å²) in [5.41, 5.74) is 0. The molecule has 2 N–H and O–H groups in total. The zero-order chi connectivity index (χ0) is 17.1. The highest BCUT2D eigenvalue weighted by Crippen LogP contribution is 2.04. The summed E-state index contributed by atoms with van der Waals surface area (Å²) >= 11 is 0. The minimum absolute atomic E-state index is 0.140. The van der Waals surface area contributed by atoms with E-state index in [0.29, 0.717) is 0 Å². The van der Waals surface area contributed by atoms with E-state index in [0.717, 1.165) is 0 Å². The van der Waals surface area contributed by atoms with Crippen LogP contribution in [0.15, 0.2) is 0 Å². The Balaban J connectivity index is 3.79. The fourth-order valence-corrected chi connectivity index (χ4v) is 1.21. The molecule has 0 unspecified atom stereocenters. The van der Waals surface area contributed by atoms with Crippen LogP contribution in [0.5, 0.6) is 0 Å². The van der Waals surface area contributed by atoms with Crippen LogP contribution in [0.25, 0.3) is 0 Å². The highest BCUT2D eigenvalue weighted by atomic mass is 16.6. The van der Waals surface area contributed by atoms with E-state index in [1.807, 2.05) is 0 Å². The van der Waals surface area contributed by atoms with E-state index in [4.69, 9.17) is 10.2 Å². The molecule has 0 heterocycles. The van der Waals surface area contributed by atoms with Gasteiger partial charge >= 0.3 is 35.8 Å². The highest BCUT2D eigenvalue weighted by molar-refractivity contribution is 5.96. The summed E-state index contributed by atoms with van der Waals surface area (Å²) in [6.07, 6.45) is -2.01. The van der Waals surface area contributed by atoms with Crippen molar-refractivity contribution in [2.24, 2.45) is 0 Å². The van der Waals surface area contributed by atoms with Crippen molar-refractivity contribution in [1.82, 2.24) is 0 Å². The molecule has 10 nitrogen and oxygen atoms in total. The van der Waals surface area contributed by atoms with Crippen LogP contribution >= 0.6 is 0 Å². The van der Waals surface area contributed by atoms with Crippen LogP contribution in [-0.4, -0.2) is 46.0 Å². The number of carboxylic acid groups (broad SMARTS) is 2. The summed E-state index contributed by atoms with van der Waals surface area (Å²) in [5.74, 6) is -7.08. The first kappa shape index (κ1) is 19.2. The predicted octanol–water partition coefficient (Wildman–Crippen LogP) is -0.364. The average molecular weight is 318 g/mol. The number of hydrogen-bond donors (Lipinski definition) is 2. The van der Waals surface area contributed by atoms with Gasteiger partial charge in [0.1, 0.15) is 12.8 Å². The van der Waals surface area contributed by atoms with E-state index < -0.39 is 48.7 Å². The van der Waals surface area contributed by atoms with Gasteiger partial charge in [0.2, 0.25) is 0 Å². The molecule has 0 rings (SSSR count). The molecule has 22 heavy (non-hydrogen) atoms. The zero-order valence-corrected chi connectivity index (χ0v) is 11.4. The Bertz CT molecular complexity index is 434. The molecule has 0 amide bonds. The molecule has 0 aliphatic carbocycles. The Morgan fingerprint density at radius 1 is 0.591 bits per heavy atom. The molecule has 0 aliphatic rings. The van der Waals surface area contributed by atoms with E-state index in [1.54, 1.807) is 0 Å². The zero-order valence-electron chi connectivity index (χ0n) is 11.4. The standard InChI is InChI=1S/C12H14O10/c13-7(14)5-11(19)21-9(17)3-1-2-4-10(18)22-12(20)6-8(15)16/h1-6H2,(H,13,14)(H,15,16). The molecule has 0 aromatic carbocycles. The molecule has 0 fully saturated rings. The lowest BCUT2D eigenvalue weighted by Crippen LogP contribution is -2.16. The maximum atomic E-state index is 11.1. The minimum atomic E-state index is -1.42. The van der Waals surface area contributed by atoms with Gasteiger partial charge in [0.25, 0.3) is 0 Å². The molecule has 0 radical (unpaired) electrons. The first-order valence-corrected chi connectivity index (χ1v) is 6.11. The third kappa shape index (κ3) is 11.1. The van der Waals surface area contributed by atoms with Crippen molar-refractivity contribution in [3.63, 3.8) is 0 Å². The number of rotatable bonds is 9. The third-order valence-corrected chi connectivity index (χ3v) is 2.06. The van der Waals surface area contributed by atoms with Crippen LogP contribution in [0.4, 0.5) is 0 Å². The SMILES string of the molecule is O=C(O)CC(=O)OC(=O)CCCCC(=O)OC(=O)CC(=O)O. The largest absolute Gasteiger partial charge is 0.481 e. The normalized spacial score (nSPS) is 9.64. The van der Waals surface area contributed by atoms with E-state index >= 15 is 0 Å². The van der Waals surface area contributed by atoms with Crippen molar-refractivity contribution in [2.75, 3.05) is 0 Å². The summed E-state index contributed by atoms with van der Waals surface area (Å²) in [7, 11) is 0. The second-order valence-corrected chi connectivity index (χ2v) is 4.04. The summed E-state index contributed by atoms with van der Waals surface area (Å²) in [5, 5.41) is 16.5. The van der Waals surface area contributed by atoms with Gasteiger partial charge in [0.15, 0.2) is 0 Å². The maximum Gasteiger partial charge on any atom is 0.324 e. The van der Waals surface area contributed by atoms with Crippen LogP contribution in [0, 0.1) is 0 Å². The first-order valence-electron chi connectivity index (χ1n) is 6.11. The predicted molar refractivity (Wildman–Crippen MR) is 65.2 cm³/mol. The van der Waals surface area contributed by atoms with Crippen molar-refractivity contribution in [2.45, 2.75) is 38.5 Å². The summed E-state index contributed by atoms with van der Waals surface area (Å²) < 4.78 is 8.36. The number of esters is 4. The topological polar surface area (TPSA) is 161 Å². The summed E-state index contributed by atoms with van der Waals surface area (Å²) in [6.45, 7) is 0. The van der Waals surface area contributed by atoms with Gasteiger partial charge in [-0.3, -0.25) is 28.8 Å². The molecule has 0 aliphatic heterocycles. The van der Waals surface area contributed by atoms with Gasteiger partial charge in [-0.2, -0.15) is 0 Å². The second-order valence-electron chi connectivity index (χ2n) is 4.04. The van der Waals surface area contributed by atoms with Crippen molar-refractivity contribution in [1.29, 1.82) is 0 Å². The molecule has 0 bridgehead atoms. The smallest absolute Gasteiger partial charge is 0.324 e. The Hall–Kier alpha value is -2.78. The number of carbonyl (C=O) groups excluding carboxylic acids is 4. The average Bonchev–Trinajstić information content (AvgIpc) is 2.32. The van der Waals surface area contributed by atoms with E-state index in [9.17, 15) is 28.8 Å². The molecule has 0 aromatic heterocycles. The Morgan fingerprint density at radius 3 is 1.18 bits per heavy atom. The molecule has 0 spiro atoms. The molecule has 122 valence electrons. The van der Waals surface area contributed by atoms with Crippen molar-refractivity contribution >= 4 is 35.8 Å². The van der Waals surface area contributed by atoms with Gasteiger partial charge in [0, 0.05) is 12.8 Å². The third-order valence-electron chi connectivity index (χ3n) is 2.06. The van der Waals surface area contributed by atoms with Crippen molar-refractivity contribution < 1.29 is 48.5 Å². The quantitative estimate of drug-likeness (QED) is 0.326. The van der Waals surface area contributed by atoms with Crippen LogP contribution in [-0.2, 0) is 38.2 Å². The van der Waals surface area contributed by atoms with Crippen LogP contribution < -0.4 is 0 Å². The fraction of sp³-hybridized carbons (Fsp3) is 0.500. The first-order chi connectivity index (χ1) is 10.2. The van der Waals surface area contributed by atoms with Gasteiger partial charge in [-0.25, -0.2) is 0 Å². The molecule has 0 atom stereocenters. The highest BCUT2D eigenvalue weighted by Gasteiger charge is 2.16. The second kappa shape index (κ2) is 10.0. The number of aliphatic carboxylic acids is 2. The molecule has 10 heteroatoms. The number of carboxylic acids is 2. The van der Waals surface area contributed by atoms with Gasteiger partial charge in [-0.15, -0.1) is 0 Å². The van der Waals surface area contributed by atoms with Gasteiger partial charge in [0.05, 0.1) is 0 Å². The van der Waals surface area contributed by atoms with E-state index in [2.05, 4.69) is 9.47 Å². The van der Waals surface area contributed by atoms with Crippen LogP contribution in [0.1, 0.15) is 38.5 Å². The Labute approximate surface area is 124 Å². The van der Waals surface area contributed by atoms with Crippen LogP contribution in [0.3, 0.4) is 0 Å². The van der Waals surface area contributed by atoms with Crippen molar-refractivity contribution in [3.8, 4) is 0 Å². The van der Waals surface area contributed by atoms with Crippen LogP contribution in [0.2, 0.25) is 0 Å². The summed E-state index contributed by atoms with van der Waals surface area (Å²) in [6, 6.07) is 0. The number of hydrogen-bond acceptors (Lipinski definition) is 8. The monoisotopic (exact) mass is 318 g/mol. The van der Waals surface area contributed by atoms with Gasteiger partial charge in [-0.1, -0.05) is 0 Å². The lowest BCUT2D eigenvalue weighted by molar-refractivity contribution is -0.165. The lowest BCUT2D eigenvalue weighted by atomic mass is 10.2. The minimum Gasteiger partial charge on any atom is -0.481 e. The van der Waals surface area contributed by atoms with Gasteiger partial charge < -0.3 is 19.7 Å². The van der Waals surface area contributed by atoms with Crippen molar-refractivity contribution in [3.05, 3.63) is 0 Å². The lowest BCUT2D eigenvalue weighted by Gasteiger charge is -2.02. The fourth-order valence-electron chi connectivity index (χ4n) is 1.21. The molecule has 0 saturated carbocycles. The van der Waals surface area contributed by atoms with Gasteiger partial charge in [-0.05, 0) is 12.8 Å². The Kier molecular flexibility index (Phi) is 8.75.